The Bertz CT molecular complexity index is 707. The van der Waals surface area contributed by atoms with Crippen LogP contribution in [0.15, 0.2) is 40.4 Å². The Labute approximate surface area is 142 Å². The maximum Gasteiger partial charge on any atom is 0.270 e. The van der Waals surface area contributed by atoms with Gasteiger partial charge in [-0.25, -0.2) is 0 Å². The maximum atomic E-state index is 10.9. The van der Waals surface area contributed by atoms with E-state index in [1.54, 1.807) is 23.3 Å². The van der Waals surface area contributed by atoms with Crippen LogP contribution in [0, 0.1) is 22.0 Å². The van der Waals surface area contributed by atoms with Gasteiger partial charge in [0.25, 0.3) is 5.69 Å². The van der Waals surface area contributed by atoms with Crippen LogP contribution in [0.5, 0.6) is 0 Å². The second-order valence-corrected chi connectivity index (χ2v) is 7.46. The van der Waals surface area contributed by atoms with Crippen LogP contribution in [0.4, 0.5) is 5.69 Å². The van der Waals surface area contributed by atoms with Crippen LogP contribution in [0.25, 0.3) is 0 Å². The van der Waals surface area contributed by atoms with Gasteiger partial charge in [0, 0.05) is 24.3 Å². The minimum absolute atomic E-state index is 0.139. The molecule has 3 aliphatic carbocycles. The molecule has 4 heteroatoms. The molecule has 1 saturated carbocycles. The summed E-state index contributed by atoms with van der Waals surface area (Å²) in [4.78, 5) is 15.5. The van der Waals surface area contributed by atoms with Crippen molar-refractivity contribution < 1.29 is 4.92 Å². The molecule has 3 aliphatic rings. The number of benzene rings is 1. The van der Waals surface area contributed by atoms with Crippen molar-refractivity contribution in [2.75, 3.05) is 0 Å². The van der Waals surface area contributed by atoms with E-state index in [9.17, 15) is 10.1 Å². The number of fused-ring (bicyclic) bond motifs is 3. The zero-order valence-corrected chi connectivity index (χ0v) is 14.0. The maximum absolute atomic E-state index is 10.9. The molecule has 24 heavy (non-hydrogen) atoms. The molecule has 4 rings (SSSR count). The number of nitro groups is 1. The number of allylic oxidation sites excluding steroid dienone is 1. The first kappa shape index (κ1) is 15.6. The standard InChI is InChI=1S/C20H24N2O2/c23-22(24)17-8-3-5-14(11-17)13-21-20-16-7-4-10-19(20)18-9-2-1-6-15(18)12-16/h3,5,8,11,13,16,19-20H,1-2,4,6-7,9-10,12H2. The molecule has 0 saturated heterocycles. The van der Waals surface area contributed by atoms with Crippen molar-refractivity contribution in [3.05, 3.63) is 51.1 Å². The topological polar surface area (TPSA) is 55.5 Å². The zero-order chi connectivity index (χ0) is 16.5. The molecule has 4 nitrogen and oxygen atoms in total. The fourth-order valence-corrected chi connectivity index (χ4v) is 4.98. The Morgan fingerprint density at radius 3 is 2.92 bits per heavy atom. The lowest BCUT2D eigenvalue weighted by molar-refractivity contribution is -0.384. The number of hydrogen-bond acceptors (Lipinski definition) is 3. The van der Waals surface area contributed by atoms with Crippen LogP contribution in [-0.4, -0.2) is 17.2 Å². The highest BCUT2D eigenvalue weighted by atomic mass is 16.6. The summed E-state index contributed by atoms with van der Waals surface area (Å²) in [6.07, 6.45) is 12.3. The first-order valence-corrected chi connectivity index (χ1v) is 9.21. The fraction of sp³-hybridized carbons (Fsp3) is 0.550. The van der Waals surface area contributed by atoms with Crippen molar-refractivity contribution in [1.29, 1.82) is 0 Å². The third-order valence-corrected chi connectivity index (χ3v) is 6.05. The molecule has 1 aromatic rings. The third-order valence-electron chi connectivity index (χ3n) is 6.05. The van der Waals surface area contributed by atoms with E-state index in [-0.39, 0.29) is 10.6 Å². The molecule has 0 heterocycles. The molecule has 0 spiro atoms. The second-order valence-electron chi connectivity index (χ2n) is 7.46. The summed E-state index contributed by atoms with van der Waals surface area (Å²) in [5.74, 6) is 1.30. The highest BCUT2D eigenvalue weighted by molar-refractivity contribution is 5.80. The summed E-state index contributed by atoms with van der Waals surface area (Å²) in [6, 6.07) is 7.18. The van der Waals surface area contributed by atoms with Crippen molar-refractivity contribution in [3.63, 3.8) is 0 Å². The molecule has 0 N–H and O–H groups in total. The Balaban J connectivity index is 1.59. The van der Waals surface area contributed by atoms with Gasteiger partial charge in [-0.1, -0.05) is 29.7 Å². The monoisotopic (exact) mass is 324 g/mol. The number of hydrogen-bond donors (Lipinski definition) is 0. The van der Waals surface area contributed by atoms with Crippen LogP contribution in [0.3, 0.4) is 0 Å². The number of rotatable bonds is 3. The lowest BCUT2D eigenvalue weighted by atomic mass is 9.63. The summed E-state index contributed by atoms with van der Waals surface area (Å²) in [5.41, 5.74) is 4.45. The van der Waals surface area contributed by atoms with Gasteiger partial charge < -0.3 is 0 Å². The third kappa shape index (κ3) is 2.90. The Hall–Kier alpha value is -1.97. The van der Waals surface area contributed by atoms with Crippen molar-refractivity contribution in [2.45, 2.75) is 57.4 Å². The average Bonchev–Trinajstić information content (AvgIpc) is 2.60. The predicted octanol–water partition coefficient (Wildman–Crippen LogP) is 5.07. The van der Waals surface area contributed by atoms with E-state index in [0.29, 0.717) is 17.9 Å². The summed E-state index contributed by atoms with van der Waals surface area (Å²) in [7, 11) is 0. The largest absolute Gasteiger partial charge is 0.288 e. The first-order valence-electron chi connectivity index (χ1n) is 9.21. The number of nitrogens with zero attached hydrogens (tertiary/aromatic N) is 2. The van der Waals surface area contributed by atoms with Crippen molar-refractivity contribution in [2.24, 2.45) is 16.8 Å². The summed E-state index contributed by atoms with van der Waals surface area (Å²) in [6.45, 7) is 0. The van der Waals surface area contributed by atoms with Crippen LogP contribution < -0.4 is 0 Å². The lowest BCUT2D eigenvalue weighted by Crippen LogP contribution is -2.38. The Morgan fingerprint density at radius 1 is 1.17 bits per heavy atom. The van der Waals surface area contributed by atoms with Crippen molar-refractivity contribution in [3.8, 4) is 0 Å². The van der Waals surface area contributed by atoms with E-state index in [0.717, 1.165) is 5.56 Å². The van der Waals surface area contributed by atoms with Gasteiger partial charge in [-0.15, -0.1) is 0 Å². The number of nitro benzene ring substituents is 1. The molecular formula is C20H24N2O2. The molecule has 0 aromatic heterocycles. The molecule has 1 fully saturated rings. The van der Waals surface area contributed by atoms with Gasteiger partial charge in [-0.3, -0.25) is 15.1 Å². The summed E-state index contributed by atoms with van der Waals surface area (Å²) in [5, 5.41) is 10.9. The Kier molecular flexibility index (Phi) is 4.21. The molecule has 0 amide bonds. The van der Waals surface area contributed by atoms with E-state index in [1.807, 2.05) is 12.3 Å². The van der Waals surface area contributed by atoms with E-state index in [1.165, 1.54) is 57.4 Å². The Morgan fingerprint density at radius 2 is 2.04 bits per heavy atom. The van der Waals surface area contributed by atoms with Crippen LogP contribution in [0.2, 0.25) is 0 Å². The van der Waals surface area contributed by atoms with Crippen molar-refractivity contribution in [1.82, 2.24) is 0 Å². The van der Waals surface area contributed by atoms with Gasteiger partial charge in [-0.2, -0.15) is 0 Å². The lowest BCUT2D eigenvalue weighted by Gasteiger charge is -2.44. The van der Waals surface area contributed by atoms with Crippen molar-refractivity contribution >= 4 is 11.9 Å². The van der Waals surface area contributed by atoms with Crippen LogP contribution >= 0.6 is 0 Å². The smallest absolute Gasteiger partial charge is 0.270 e. The second kappa shape index (κ2) is 6.50. The van der Waals surface area contributed by atoms with Gasteiger partial charge in [-0.05, 0) is 56.4 Å². The number of non-ortho nitro benzene ring substituents is 1. The normalized spacial score (nSPS) is 29.6. The van der Waals surface area contributed by atoms with Gasteiger partial charge in [0.2, 0.25) is 0 Å². The van der Waals surface area contributed by atoms with E-state index >= 15 is 0 Å². The van der Waals surface area contributed by atoms with Gasteiger partial charge in [0.05, 0.1) is 11.0 Å². The summed E-state index contributed by atoms with van der Waals surface area (Å²) >= 11 is 0. The molecule has 2 bridgehead atoms. The quantitative estimate of drug-likeness (QED) is 0.337. The van der Waals surface area contributed by atoms with Gasteiger partial charge in [0.1, 0.15) is 0 Å². The first-order chi connectivity index (χ1) is 11.7. The van der Waals surface area contributed by atoms with Gasteiger partial charge in [0.15, 0.2) is 0 Å². The highest BCUT2D eigenvalue weighted by Gasteiger charge is 2.40. The number of aliphatic imine (C=N–C) groups is 1. The molecule has 126 valence electrons. The van der Waals surface area contributed by atoms with E-state index in [4.69, 9.17) is 4.99 Å². The van der Waals surface area contributed by atoms with Crippen LogP contribution in [0.1, 0.15) is 56.9 Å². The van der Waals surface area contributed by atoms with E-state index in [2.05, 4.69) is 0 Å². The molecule has 3 atom stereocenters. The molecule has 0 aliphatic heterocycles. The molecule has 0 radical (unpaired) electrons. The van der Waals surface area contributed by atoms with E-state index < -0.39 is 0 Å². The highest BCUT2D eigenvalue weighted by Crippen LogP contribution is 2.49. The minimum atomic E-state index is -0.341. The fourth-order valence-electron chi connectivity index (χ4n) is 4.98. The molecule has 1 aromatic carbocycles. The predicted molar refractivity (Wildman–Crippen MR) is 95.4 cm³/mol. The summed E-state index contributed by atoms with van der Waals surface area (Å²) < 4.78 is 0. The van der Waals surface area contributed by atoms with Crippen LogP contribution in [-0.2, 0) is 0 Å². The molecular weight excluding hydrogens is 300 g/mol. The van der Waals surface area contributed by atoms with Gasteiger partial charge >= 0.3 is 0 Å². The minimum Gasteiger partial charge on any atom is -0.288 e. The average molecular weight is 324 g/mol. The SMILES string of the molecule is O=[N+]([O-])c1cccc(C=NC2C3CCCC2C2=C(CCCC2)C3)c1. The zero-order valence-electron chi connectivity index (χ0n) is 14.0. The molecule has 3 unspecified atom stereocenters.